The molecular weight excluding hydrogens is 269 g/mol. The molecule has 0 aromatic carbocycles. The zero-order chi connectivity index (χ0) is 14.4. The molecule has 0 spiro atoms. The summed E-state index contributed by atoms with van der Waals surface area (Å²) in [6.07, 6.45) is 0.523. The standard InChI is InChI=1S/C10H11F3N2O4/c11-5-1-15(8(19)14-7(5)18)2-6-9(3-16,4-17)10(6,12)13/h1,6,16-17H,2-4H2,(H,14,18,19). The fourth-order valence-corrected chi connectivity index (χ4v) is 2.18. The Morgan fingerprint density at radius 3 is 2.37 bits per heavy atom. The monoisotopic (exact) mass is 280 g/mol. The van der Waals surface area contributed by atoms with Crippen molar-refractivity contribution in [2.75, 3.05) is 13.2 Å². The van der Waals surface area contributed by atoms with E-state index in [9.17, 15) is 22.8 Å². The normalized spacial score (nSPS) is 23.3. The van der Waals surface area contributed by atoms with Crippen molar-refractivity contribution in [2.45, 2.75) is 12.5 Å². The second kappa shape index (κ2) is 4.20. The van der Waals surface area contributed by atoms with E-state index in [-0.39, 0.29) is 0 Å². The summed E-state index contributed by atoms with van der Waals surface area (Å²) >= 11 is 0. The van der Waals surface area contributed by atoms with Crippen LogP contribution in [0.25, 0.3) is 0 Å². The van der Waals surface area contributed by atoms with Crippen LogP contribution < -0.4 is 11.2 Å². The largest absolute Gasteiger partial charge is 0.395 e. The SMILES string of the molecule is O=c1[nH]c(=O)n(CC2C(F)(F)C2(CO)CO)cc1F. The average molecular weight is 280 g/mol. The first-order valence-corrected chi connectivity index (χ1v) is 5.39. The molecule has 0 bridgehead atoms. The predicted molar refractivity (Wildman–Crippen MR) is 56.3 cm³/mol. The summed E-state index contributed by atoms with van der Waals surface area (Å²) in [5.41, 5.74) is -4.28. The second-order valence-electron chi connectivity index (χ2n) is 4.54. The molecule has 6 nitrogen and oxygen atoms in total. The van der Waals surface area contributed by atoms with Crippen molar-refractivity contribution in [3.63, 3.8) is 0 Å². The Morgan fingerprint density at radius 2 is 1.89 bits per heavy atom. The quantitative estimate of drug-likeness (QED) is 0.653. The maximum Gasteiger partial charge on any atom is 0.328 e. The van der Waals surface area contributed by atoms with Crippen molar-refractivity contribution in [3.8, 4) is 0 Å². The molecule has 1 atom stereocenters. The van der Waals surface area contributed by atoms with Gasteiger partial charge in [0.1, 0.15) is 0 Å². The minimum Gasteiger partial charge on any atom is -0.395 e. The first-order chi connectivity index (χ1) is 8.80. The van der Waals surface area contributed by atoms with Gasteiger partial charge >= 0.3 is 5.69 Å². The maximum atomic E-state index is 13.5. The van der Waals surface area contributed by atoms with Gasteiger partial charge < -0.3 is 10.2 Å². The molecule has 0 saturated heterocycles. The number of nitrogens with one attached hydrogen (secondary N) is 1. The van der Waals surface area contributed by atoms with Gasteiger partial charge in [-0.3, -0.25) is 14.3 Å². The lowest BCUT2D eigenvalue weighted by atomic mass is 10.1. The van der Waals surface area contributed by atoms with Crippen molar-refractivity contribution in [1.29, 1.82) is 0 Å². The van der Waals surface area contributed by atoms with E-state index in [4.69, 9.17) is 10.2 Å². The zero-order valence-corrected chi connectivity index (χ0v) is 9.57. The van der Waals surface area contributed by atoms with Gasteiger partial charge in [0.25, 0.3) is 11.5 Å². The molecule has 0 radical (unpaired) electrons. The highest BCUT2D eigenvalue weighted by atomic mass is 19.3. The van der Waals surface area contributed by atoms with Crippen LogP contribution in [-0.2, 0) is 6.54 Å². The van der Waals surface area contributed by atoms with Gasteiger partial charge in [-0.15, -0.1) is 0 Å². The fourth-order valence-electron chi connectivity index (χ4n) is 2.18. The van der Waals surface area contributed by atoms with E-state index in [1.807, 2.05) is 0 Å². The number of halogens is 3. The summed E-state index contributed by atoms with van der Waals surface area (Å²) in [6, 6.07) is 0. The number of nitrogens with zero attached hydrogens (tertiary/aromatic N) is 1. The van der Waals surface area contributed by atoms with E-state index in [1.165, 1.54) is 0 Å². The molecule has 1 saturated carbocycles. The topological polar surface area (TPSA) is 95.3 Å². The smallest absolute Gasteiger partial charge is 0.328 e. The summed E-state index contributed by atoms with van der Waals surface area (Å²) in [4.78, 5) is 23.8. The second-order valence-corrected chi connectivity index (χ2v) is 4.54. The third-order valence-corrected chi connectivity index (χ3v) is 3.60. The molecule has 1 aliphatic carbocycles. The van der Waals surface area contributed by atoms with Crippen LogP contribution >= 0.6 is 0 Å². The van der Waals surface area contributed by atoms with Gasteiger partial charge in [-0.05, 0) is 0 Å². The summed E-state index contributed by atoms with van der Waals surface area (Å²) in [6.45, 7) is -2.52. The van der Waals surface area contributed by atoms with Gasteiger partial charge in [0.15, 0.2) is 0 Å². The van der Waals surface area contributed by atoms with Crippen LogP contribution in [0.3, 0.4) is 0 Å². The van der Waals surface area contributed by atoms with Crippen LogP contribution in [-0.4, -0.2) is 38.9 Å². The van der Waals surface area contributed by atoms with Gasteiger partial charge in [-0.2, -0.15) is 4.39 Å². The Hall–Kier alpha value is -1.61. The minimum atomic E-state index is -3.36. The van der Waals surface area contributed by atoms with Crippen LogP contribution in [0.4, 0.5) is 13.2 Å². The molecule has 1 aromatic heterocycles. The molecular formula is C10H11F3N2O4. The molecule has 2 rings (SSSR count). The van der Waals surface area contributed by atoms with E-state index < -0.39 is 54.1 Å². The maximum absolute atomic E-state index is 13.5. The molecule has 1 heterocycles. The first-order valence-electron chi connectivity index (χ1n) is 5.39. The van der Waals surface area contributed by atoms with E-state index in [2.05, 4.69) is 0 Å². The summed E-state index contributed by atoms with van der Waals surface area (Å²) in [5.74, 6) is -6.14. The Morgan fingerprint density at radius 1 is 1.32 bits per heavy atom. The van der Waals surface area contributed by atoms with Crippen molar-refractivity contribution in [1.82, 2.24) is 9.55 Å². The number of hydrogen-bond donors (Lipinski definition) is 3. The average Bonchev–Trinajstić information content (AvgIpc) is 2.82. The lowest BCUT2D eigenvalue weighted by molar-refractivity contribution is 0.00810. The number of aromatic nitrogens is 2. The number of alkyl halides is 2. The molecule has 1 unspecified atom stereocenters. The summed E-state index contributed by atoms with van der Waals surface area (Å²) in [7, 11) is 0. The van der Waals surface area contributed by atoms with Crippen molar-refractivity contribution >= 4 is 0 Å². The number of aliphatic hydroxyl groups excluding tert-OH is 2. The van der Waals surface area contributed by atoms with Crippen molar-refractivity contribution in [3.05, 3.63) is 32.9 Å². The van der Waals surface area contributed by atoms with Gasteiger partial charge in [-0.1, -0.05) is 0 Å². The van der Waals surface area contributed by atoms with E-state index in [1.54, 1.807) is 4.98 Å². The zero-order valence-electron chi connectivity index (χ0n) is 9.57. The Labute approximate surface area is 104 Å². The lowest BCUT2D eigenvalue weighted by Crippen LogP contribution is -2.32. The van der Waals surface area contributed by atoms with Gasteiger partial charge in [0, 0.05) is 6.54 Å². The number of H-pyrrole nitrogens is 1. The minimum absolute atomic E-state index is 0.523. The van der Waals surface area contributed by atoms with Crippen LogP contribution in [0.2, 0.25) is 0 Å². The fraction of sp³-hybridized carbons (Fsp3) is 0.600. The van der Waals surface area contributed by atoms with Crippen molar-refractivity contribution in [2.24, 2.45) is 11.3 Å². The van der Waals surface area contributed by atoms with Crippen LogP contribution in [0, 0.1) is 17.2 Å². The molecule has 0 amide bonds. The van der Waals surface area contributed by atoms with Crippen LogP contribution in [0.1, 0.15) is 0 Å². The molecule has 1 aromatic rings. The van der Waals surface area contributed by atoms with E-state index >= 15 is 0 Å². The van der Waals surface area contributed by atoms with Gasteiger partial charge in [0.05, 0.1) is 30.7 Å². The molecule has 106 valence electrons. The number of hydrogen-bond acceptors (Lipinski definition) is 4. The lowest BCUT2D eigenvalue weighted by Gasteiger charge is -2.09. The number of aliphatic hydroxyl groups is 2. The van der Waals surface area contributed by atoms with Crippen molar-refractivity contribution < 1.29 is 23.4 Å². The Balaban J connectivity index is 2.32. The van der Waals surface area contributed by atoms with Crippen LogP contribution in [0.5, 0.6) is 0 Å². The molecule has 19 heavy (non-hydrogen) atoms. The molecule has 1 aliphatic rings. The number of aromatic amines is 1. The molecule has 1 fully saturated rings. The van der Waals surface area contributed by atoms with Gasteiger partial charge in [0.2, 0.25) is 5.82 Å². The summed E-state index contributed by atoms with van der Waals surface area (Å²) < 4.78 is 40.6. The van der Waals surface area contributed by atoms with E-state index in [0.29, 0.717) is 10.8 Å². The molecule has 9 heteroatoms. The highest BCUT2D eigenvalue weighted by Gasteiger charge is 2.80. The van der Waals surface area contributed by atoms with E-state index in [0.717, 1.165) is 0 Å². The highest BCUT2D eigenvalue weighted by Crippen LogP contribution is 2.65. The predicted octanol–water partition coefficient (Wildman–Crippen LogP) is -1.09. The summed E-state index contributed by atoms with van der Waals surface area (Å²) in [5, 5.41) is 17.9. The van der Waals surface area contributed by atoms with Crippen LogP contribution in [0.15, 0.2) is 15.8 Å². The Bertz CT molecular complexity index is 606. The number of rotatable bonds is 4. The molecule has 0 aliphatic heterocycles. The third-order valence-electron chi connectivity index (χ3n) is 3.60. The highest BCUT2D eigenvalue weighted by molar-refractivity contribution is 5.17. The Kier molecular flexibility index (Phi) is 3.06. The third kappa shape index (κ3) is 1.80. The van der Waals surface area contributed by atoms with Gasteiger partial charge in [-0.25, -0.2) is 13.6 Å². The molecule has 3 N–H and O–H groups in total. The first kappa shape index (κ1) is 13.8.